The molecule has 3 rings (SSSR count). The highest BCUT2D eigenvalue weighted by atomic mass is 16.5. The zero-order valence-electron chi connectivity index (χ0n) is 13.1. The normalized spacial score (nSPS) is 17.2. The highest BCUT2D eigenvalue weighted by molar-refractivity contribution is 5.80. The maximum atomic E-state index is 11.8. The average molecular weight is 314 g/mol. The first-order valence-corrected chi connectivity index (χ1v) is 7.74. The van der Waals surface area contributed by atoms with Crippen LogP contribution < -0.4 is 10.1 Å². The van der Waals surface area contributed by atoms with Gasteiger partial charge in [0.25, 0.3) is 0 Å². The molecule has 2 heterocycles. The highest BCUT2D eigenvalue weighted by Gasteiger charge is 2.22. The summed E-state index contributed by atoms with van der Waals surface area (Å²) in [6, 6.07) is 8.67. The molecule has 6 nitrogen and oxygen atoms in total. The van der Waals surface area contributed by atoms with Crippen LogP contribution in [0, 0.1) is 6.07 Å². The largest absolute Gasteiger partial charge is 0.492 e. The molecule has 1 N–H and O–H groups in total. The summed E-state index contributed by atoms with van der Waals surface area (Å²) in [6.45, 7) is 1.53. The number of hydrogen-bond donors (Lipinski definition) is 1. The third-order valence-corrected chi connectivity index (χ3v) is 3.69. The number of aryl methyl sites for hydroxylation is 1. The number of hydrogen-bond acceptors (Lipinski definition) is 4. The number of rotatable bonds is 6. The second kappa shape index (κ2) is 7.28. The molecule has 0 bridgehead atoms. The molecule has 1 fully saturated rings. The quantitative estimate of drug-likeness (QED) is 0.822. The SMILES string of the molecule is Cn1cc(-c2c[c]cc(OCCNC(=O)[C@@H]3CCCO3)c2)cn1. The number of benzene rings is 1. The molecule has 1 radical (unpaired) electrons. The summed E-state index contributed by atoms with van der Waals surface area (Å²) >= 11 is 0. The number of amides is 1. The number of ether oxygens (including phenoxy) is 2. The van der Waals surface area contributed by atoms with Gasteiger partial charge in [0.05, 0.1) is 12.7 Å². The number of aromatic nitrogens is 2. The van der Waals surface area contributed by atoms with E-state index in [0.717, 1.165) is 29.7 Å². The zero-order chi connectivity index (χ0) is 16.1. The molecule has 0 aliphatic carbocycles. The molecule has 1 amide bonds. The molecule has 0 spiro atoms. The summed E-state index contributed by atoms with van der Waals surface area (Å²) in [6.07, 6.45) is 5.20. The van der Waals surface area contributed by atoms with Crippen LogP contribution in [0.4, 0.5) is 0 Å². The van der Waals surface area contributed by atoms with E-state index >= 15 is 0 Å². The van der Waals surface area contributed by atoms with Crippen LogP contribution in [-0.4, -0.2) is 41.6 Å². The monoisotopic (exact) mass is 314 g/mol. The minimum absolute atomic E-state index is 0.0539. The van der Waals surface area contributed by atoms with Crippen molar-refractivity contribution >= 4 is 5.91 Å². The third kappa shape index (κ3) is 4.10. The van der Waals surface area contributed by atoms with E-state index in [2.05, 4.69) is 16.5 Å². The van der Waals surface area contributed by atoms with Crippen molar-refractivity contribution < 1.29 is 14.3 Å². The fourth-order valence-corrected chi connectivity index (χ4v) is 2.51. The maximum Gasteiger partial charge on any atom is 0.249 e. The molecule has 1 saturated heterocycles. The Labute approximate surface area is 135 Å². The Morgan fingerprint density at radius 1 is 1.52 bits per heavy atom. The molecule has 1 aromatic heterocycles. The predicted octanol–water partition coefficient (Wildman–Crippen LogP) is 1.56. The van der Waals surface area contributed by atoms with Crippen molar-refractivity contribution in [1.82, 2.24) is 15.1 Å². The molecule has 0 saturated carbocycles. The van der Waals surface area contributed by atoms with Gasteiger partial charge in [-0.25, -0.2) is 0 Å². The van der Waals surface area contributed by atoms with Crippen molar-refractivity contribution in [3.8, 4) is 16.9 Å². The van der Waals surface area contributed by atoms with Crippen molar-refractivity contribution in [3.63, 3.8) is 0 Å². The number of carbonyl (C=O) groups excluding carboxylic acids is 1. The lowest BCUT2D eigenvalue weighted by molar-refractivity contribution is -0.130. The fraction of sp³-hybridized carbons (Fsp3) is 0.412. The van der Waals surface area contributed by atoms with Crippen LogP contribution in [-0.2, 0) is 16.6 Å². The smallest absolute Gasteiger partial charge is 0.249 e. The van der Waals surface area contributed by atoms with E-state index in [9.17, 15) is 4.79 Å². The van der Waals surface area contributed by atoms with Crippen LogP contribution in [0.5, 0.6) is 5.75 Å². The lowest BCUT2D eigenvalue weighted by atomic mass is 10.1. The van der Waals surface area contributed by atoms with Crippen molar-refractivity contribution in [2.75, 3.05) is 19.8 Å². The predicted molar refractivity (Wildman–Crippen MR) is 85.0 cm³/mol. The minimum atomic E-state index is -0.294. The van der Waals surface area contributed by atoms with E-state index in [1.54, 1.807) is 16.9 Å². The van der Waals surface area contributed by atoms with E-state index in [0.29, 0.717) is 19.8 Å². The van der Waals surface area contributed by atoms with Gasteiger partial charge in [-0.2, -0.15) is 5.10 Å². The van der Waals surface area contributed by atoms with Gasteiger partial charge in [0, 0.05) is 25.4 Å². The van der Waals surface area contributed by atoms with E-state index in [1.807, 2.05) is 25.4 Å². The van der Waals surface area contributed by atoms with Gasteiger partial charge in [0.1, 0.15) is 18.5 Å². The van der Waals surface area contributed by atoms with E-state index in [4.69, 9.17) is 9.47 Å². The van der Waals surface area contributed by atoms with E-state index in [1.165, 1.54) is 0 Å². The summed E-state index contributed by atoms with van der Waals surface area (Å²) in [5, 5.41) is 6.99. The molecule has 0 unspecified atom stereocenters. The summed E-state index contributed by atoms with van der Waals surface area (Å²) in [7, 11) is 1.88. The summed E-state index contributed by atoms with van der Waals surface area (Å²) in [4.78, 5) is 11.8. The number of nitrogens with one attached hydrogen (secondary N) is 1. The molecule has 1 atom stereocenters. The Morgan fingerprint density at radius 2 is 2.43 bits per heavy atom. The fourth-order valence-electron chi connectivity index (χ4n) is 2.51. The van der Waals surface area contributed by atoms with Crippen LogP contribution in [0.3, 0.4) is 0 Å². The number of carbonyl (C=O) groups is 1. The first kappa shape index (κ1) is 15.6. The van der Waals surface area contributed by atoms with Gasteiger partial charge >= 0.3 is 0 Å². The maximum absolute atomic E-state index is 11.8. The van der Waals surface area contributed by atoms with Crippen LogP contribution in [0.15, 0.2) is 30.6 Å². The van der Waals surface area contributed by atoms with Crippen LogP contribution in [0.2, 0.25) is 0 Å². The second-order valence-electron chi connectivity index (χ2n) is 5.50. The second-order valence-corrected chi connectivity index (χ2v) is 5.50. The van der Waals surface area contributed by atoms with Crippen molar-refractivity contribution in [3.05, 3.63) is 36.7 Å². The van der Waals surface area contributed by atoms with Crippen molar-refractivity contribution in [2.24, 2.45) is 7.05 Å². The molecular formula is C17H20N3O3. The molecule has 121 valence electrons. The van der Waals surface area contributed by atoms with Gasteiger partial charge in [-0.15, -0.1) is 0 Å². The summed E-state index contributed by atoms with van der Waals surface area (Å²) < 4.78 is 12.8. The van der Waals surface area contributed by atoms with E-state index < -0.39 is 0 Å². The van der Waals surface area contributed by atoms with Gasteiger partial charge in [0.15, 0.2) is 0 Å². The van der Waals surface area contributed by atoms with Crippen LogP contribution in [0.25, 0.3) is 11.1 Å². The van der Waals surface area contributed by atoms with Gasteiger partial charge in [-0.05, 0) is 42.7 Å². The van der Waals surface area contributed by atoms with E-state index in [-0.39, 0.29) is 12.0 Å². The Kier molecular flexibility index (Phi) is 4.92. The van der Waals surface area contributed by atoms with Crippen LogP contribution >= 0.6 is 0 Å². The first-order valence-electron chi connectivity index (χ1n) is 7.74. The Bertz CT molecular complexity index is 663. The molecule has 6 heteroatoms. The van der Waals surface area contributed by atoms with Crippen LogP contribution in [0.1, 0.15) is 12.8 Å². The molecule has 2 aromatic rings. The van der Waals surface area contributed by atoms with Crippen molar-refractivity contribution in [2.45, 2.75) is 18.9 Å². The van der Waals surface area contributed by atoms with Crippen molar-refractivity contribution in [1.29, 1.82) is 0 Å². The molecule has 1 aliphatic heterocycles. The van der Waals surface area contributed by atoms with Gasteiger partial charge in [-0.3, -0.25) is 9.48 Å². The Morgan fingerprint density at radius 3 is 3.17 bits per heavy atom. The standard InChI is InChI=1S/C17H20N3O3/c1-20-12-14(11-19-20)13-4-2-5-15(10-13)22-9-7-18-17(21)16-6-3-8-23-16/h4-5,10-12,16H,3,6-9H2,1H3,(H,18,21)/t16-/m0/s1. The topological polar surface area (TPSA) is 65.4 Å². The zero-order valence-corrected chi connectivity index (χ0v) is 13.1. The minimum Gasteiger partial charge on any atom is -0.492 e. The molecule has 1 aromatic carbocycles. The molecular weight excluding hydrogens is 294 g/mol. The van der Waals surface area contributed by atoms with Gasteiger partial charge < -0.3 is 14.8 Å². The number of nitrogens with zero attached hydrogens (tertiary/aromatic N) is 2. The Hall–Kier alpha value is -2.34. The van der Waals surface area contributed by atoms with Gasteiger partial charge in [-0.1, -0.05) is 0 Å². The first-order chi connectivity index (χ1) is 11.2. The molecule has 1 aliphatic rings. The molecule has 23 heavy (non-hydrogen) atoms. The third-order valence-electron chi connectivity index (χ3n) is 3.69. The Balaban J connectivity index is 1.48. The van der Waals surface area contributed by atoms with Gasteiger partial charge in [0.2, 0.25) is 5.91 Å². The summed E-state index contributed by atoms with van der Waals surface area (Å²) in [5.41, 5.74) is 2.01. The highest BCUT2D eigenvalue weighted by Crippen LogP contribution is 2.22. The average Bonchev–Trinajstić information content (AvgIpc) is 3.23. The lowest BCUT2D eigenvalue weighted by Crippen LogP contribution is -2.36. The lowest BCUT2D eigenvalue weighted by Gasteiger charge is -2.11. The summed E-state index contributed by atoms with van der Waals surface area (Å²) in [5.74, 6) is 0.666.